The first kappa shape index (κ1) is 19.6. The Morgan fingerprint density at radius 2 is 1.93 bits per heavy atom. The molecule has 2 N–H and O–H groups in total. The average molecular weight is 397 g/mol. The van der Waals surface area contributed by atoms with E-state index in [2.05, 4.69) is 20.6 Å². The number of rotatable bonds is 4. The molecule has 1 unspecified atom stereocenters. The number of benzene rings is 1. The van der Waals surface area contributed by atoms with Gasteiger partial charge in [-0.3, -0.25) is 14.9 Å². The van der Waals surface area contributed by atoms with Gasteiger partial charge in [0, 0.05) is 13.2 Å². The fraction of sp³-hybridized carbons (Fsp3) is 0.211. The highest BCUT2D eigenvalue weighted by Crippen LogP contribution is 2.25. The Labute approximate surface area is 165 Å². The van der Waals surface area contributed by atoms with Crippen molar-refractivity contribution >= 4 is 34.6 Å². The number of hydrogen-bond donors (Lipinski definition) is 2. The van der Waals surface area contributed by atoms with Gasteiger partial charge < -0.3 is 5.32 Å². The predicted octanol–water partition coefficient (Wildman–Crippen LogP) is 2.03. The molecule has 2 aromatic heterocycles. The topological polar surface area (TPSA) is 106 Å². The molecular formula is C19H19N5O3S. The number of aromatic nitrogens is 3. The van der Waals surface area contributed by atoms with E-state index in [0.29, 0.717) is 21.9 Å². The molecule has 0 saturated heterocycles. The van der Waals surface area contributed by atoms with Crippen molar-refractivity contribution in [3.8, 4) is 5.82 Å². The fourth-order valence-corrected chi connectivity index (χ4v) is 3.49. The van der Waals surface area contributed by atoms with Gasteiger partial charge in [0.15, 0.2) is 5.16 Å². The van der Waals surface area contributed by atoms with Crippen LogP contribution in [0.4, 0.5) is 4.79 Å². The molecule has 8 nitrogen and oxygen atoms in total. The van der Waals surface area contributed by atoms with Gasteiger partial charge in [-0.2, -0.15) is 0 Å². The molecule has 0 saturated carbocycles. The van der Waals surface area contributed by atoms with Crippen LogP contribution in [0, 0.1) is 6.92 Å². The molecule has 0 fully saturated rings. The lowest BCUT2D eigenvalue weighted by Crippen LogP contribution is -2.41. The van der Waals surface area contributed by atoms with E-state index in [1.165, 1.54) is 11.6 Å². The first-order chi connectivity index (χ1) is 13.4. The van der Waals surface area contributed by atoms with Crippen molar-refractivity contribution in [2.45, 2.75) is 24.3 Å². The Balaban J connectivity index is 2.12. The molecular weight excluding hydrogens is 378 g/mol. The standard InChI is InChI=1S/C19H19N5O3S/c1-11-7-6-10-21-15(11)24-17(26)13-8-4-5-9-14(13)22-19(24)28-12(2)16(25)23-18(27)20-3/h4-10,12H,1-3H3,(H2,20,23,25,27). The maximum absolute atomic E-state index is 13.2. The maximum Gasteiger partial charge on any atom is 0.321 e. The number of carbonyl (C=O) groups is 2. The van der Waals surface area contributed by atoms with Crippen LogP contribution in [0.15, 0.2) is 52.5 Å². The van der Waals surface area contributed by atoms with Crippen molar-refractivity contribution in [1.82, 2.24) is 25.2 Å². The third-order valence-corrected chi connectivity index (χ3v) is 5.11. The van der Waals surface area contributed by atoms with E-state index >= 15 is 0 Å². The van der Waals surface area contributed by atoms with Crippen LogP contribution >= 0.6 is 11.8 Å². The number of carbonyl (C=O) groups excluding carboxylic acids is 2. The van der Waals surface area contributed by atoms with Crippen LogP contribution in [-0.4, -0.2) is 38.8 Å². The monoisotopic (exact) mass is 397 g/mol. The predicted molar refractivity (Wildman–Crippen MR) is 108 cm³/mol. The van der Waals surface area contributed by atoms with Gasteiger partial charge in [0.05, 0.1) is 16.2 Å². The van der Waals surface area contributed by atoms with Crippen LogP contribution in [0.25, 0.3) is 16.7 Å². The molecule has 0 aliphatic carbocycles. The minimum absolute atomic E-state index is 0.270. The molecule has 0 aliphatic rings. The van der Waals surface area contributed by atoms with Crippen molar-refractivity contribution in [2.24, 2.45) is 0 Å². The fourth-order valence-electron chi connectivity index (χ4n) is 2.58. The summed E-state index contributed by atoms with van der Waals surface area (Å²) in [4.78, 5) is 45.8. The quantitative estimate of drug-likeness (QED) is 0.515. The van der Waals surface area contributed by atoms with Gasteiger partial charge in [0.2, 0.25) is 5.91 Å². The van der Waals surface area contributed by atoms with Crippen LogP contribution in [0.2, 0.25) is 0 Å². The highest BCUT2D eigenvalue weighted by Gasteiger charge is 2.22. The molecule has 2 heterocycles. The number of aryl methyl sites for hydroxylation is 1. The van der Waals surface area contributed by atoms with Crippen LogP contribution in [0.3, 0.4) is 0 Å². The van der Waals surface area contributed by atoms with Gasteiger partial charge >= 0.3 is 6.03 Å². The van der Waals surface area contributed by atoms with E-state index in [4.69, 9.17) is 0 Å². The molecule has 3 aromatic rings. The Morgan fingerprint density at radius 1 is 1.18 bits per heavy atom. The van der Waals surface area contributed by atoms with Gasteiger partial charge in [-0.1, -0.05) is 30.0 Å². The van der Waals surface area contributed by atoms with E-state index in [1.54, 1.807) is 43.5 Å². The number of thioether (sulfide) groups is 1. The lowest BCUT2D eigenvalue weighted by atomic mass is 10.2. The van der Waals surface area contributed by atoms with Crippen molar-refractivity contribution in [1.29, 1.82) is 0 Å². The molecule has 3 amide bonds. The summed E-state index contributed by atoms with van der Waals surface area (Å²) in [6.45, 7) is 3.49. The van der Waals surface area contributed by atoms with E-state index in [-0.39, 0.29) is 5.56 Å². The molecule has 28 heavy (non-hydrogen) atoms. The van der Waals surface area contributed by atoms with Crippen LogP contribution in [0.1, 0.15) is 12.5 Å². The summed E-state index contributed by atoms with van der Waals surface area (Å²) in [5.41, 5.74) is 1.05. The van der Waals surface area contributed by atoms with Gasteiger partial charge in [0.25, 0.3) is 5.56 Å². The largest absolute Gasteiger partial charge is 0.341 e. The number of imide groups is 1. The normalized spacial score (nSPS) is 11.8. The van der Waals surface area contributed by atoms with Gasteiger partial charge in [-0.25, -0.2) is 19.3 Å². The molecule has 1 aromatic carbocycles. The number of nitrogens with zero attached hydrogens (tertiary/aromatic N) is 3. The van der Waals surface area contributed by atoms with Crippen LogP contribution in [-0.2, 0) is 4.79 Å². The molecule has 3 rings (SSSR count). The lowest BCUT2D eigenvalue weighted by molar-refractivity contribution is -0.119. The van der Waals surface area contributed by atoms with E-state index in [0.717, 1.165) is 17.3 Å². The summed E-state index contributed by atoms with van der Waals surface area (Å²) < 4.78 is 1.41. The zero-order valence-electron chi connectivity index (χ0n) is 15.6. The Morgan fingerprint density at radius 3 is 2.64 bits per heavy atom. The van der Waals surface area contributed by atoms with Crippen molar-refractivity contribution in [3.63, 3.8) is 0 Å². The third-order valence-electron chi connectivity index (χ3n) is 4.05. The smallest absolute Gasteiger partial charge is 0.321 e. The van der Waals surface area contributed by atoms with Gasteiger partial charge in [-0.15, -0.1) is 0 Å². The Kier molecular flexibility index (Phi) is 5.74. The highest BCUT2D eigenvalue weighted by atomic mass is 32.2. The second-order valence-electron chi connectivity index (χ2n) is 6.02. The zero-order valence-corrected chi connectivity index (χ0v) is 16.4. The summed E-state index contributed by atoms with van der Waals surface area (Å²) in [6, 6.07) is 10.0. The second-order valence-corrected chi connectivity index (χ2v) is 7.33. The zero-order chi connectivity index (χ0) is 20.3. The Bertz CT molecular complexity index is 1110. The lowest BCUT2D eigenvalue weighted by Gasteiger charge is -2.16. The van der Waals surface area contributed by atoms with Crippen molar-refractivity contribution in [2.75, 3.05) is 7.05 Å². The number of amides is 3. The Hall–Kier alpha value is -3.20. The molecule has 1 atom stereocenters. The van der Waals surface area contributed by atoms with Gasteiger partial charge in [-0.05, 0) is 37.6 Å². The minimum atomic E-state index is -0.666. The molecule has 144 valence electrons. The first-order valence-corrected chi connectivity index (χ1v) is 9.43. The SMILES string of the molecule is CNC(=O)NC(=O)C(C)Sc1nc2ccccc2c(=O)n1-c1ncccc1C. The number of hydrogen-bond acceptors (Lipinski definition) is 6. The van der Waals surface area contributed by atoms with Crippen molar-refractivity contribution in [3.05, 3.63) is 58.5 Å². The van der Waals surface area contributed by atoms with E-state index in [9.17, 15) is 14.4 Å². The molecule has 0 radical (unpaired) electrons. The van der Waals surface area contributed by atoms with Crippen LogP contribution in [0.5, 0.6) is 0 Å². The summed E-state index contributed by atoms with van der Waals surface area (Å²) >= 11 is 1.08. The molecule has 0 bridgehead atoms. The van der Waals surface area contributed by atoms with E-state index < -0.39 is 17.2 Å². The summed E-state index contributed by atoms with van der Waals surface area (Å²) in [5.74, 6) is -0.0387. The number of nitrogens with one attached hydrogen (secondary N) is 2. The molecule has 0 spiro atoms. The first-order valence-electron chi connectivity index (χ1n) is 8.55. The van der Waals surface area contributed by atoms with E-state index in [1.807, 2.05) is 13.0 Å². The summed E-state index contributed by atoms with van der Waals surface area (Å²) in [6.07, 6.45) is 1.60. The summed E-state index contributed by atoms with van der Waals surface area (Å²) in [7, 11) is 1.42. The number of pyridine rings is 1. The van der Waals surface area contributed by atoms with Gasteiger partial charge in [0.1, 0.15) is 5.82 Å². The third kappa shape index (κ3) is 3.89. The number of urea groups is 1. The highest BCUT2D eigenvalue weighted by molar-refractivity contribution is 8.00. The van der Waals surface area contributed by atoms with Crippen LogP contribution < -0.4 is 16.2 Å². The molecule has 0 aliphatic heterocycles. The summed E-state index contributed by atoms with van der Waals surface area (Å²) in [5, 5.41) is 4.68. The van der Waals surface area contributed by atoms with Crippen molar-refractivity contribution < 1.29 is 9.59 Å². The maximum atomic E-state index is 13.2. The molecule has 9 heteroatoms. The number of fused-ring (bicyclic) bond motifs is 1. The minimum Gasteiger partial charge on any atom is -0.341 e. The second kappa shape index (κ2) is 8.22. The number of para-hydroxylation sites is 1. The average Bonchev–Trinajstić information content (AvgIpc) is 2.69.